The van der Waals surface area contributed by atoms with Crippen LogP contribution in [-0.4, -0.2) is 87.5 Å². The van der Waals surface area contributed by atoms with Crippen molar-refractivity contribution in [2.24, 2.45) is 0 Å². The first-order valence-corrected chi connectivity index (χ1v) is 25.7. The number of aliphatic hydroxyl groups excluding tert-OH is 5. The van der Waals surface area contributed by atoms with Crippen molar-refractivity contribution < 1.29 is 39.8 Å². The smallest absolute Gasteiger partial charge is 0.220 e. The molecule has 6 N–H and O–H groups in total. The fourth-order valence-corrected chi connectivity index (χ4v) is 8.58. The van der Waals surface area contributed by atoms with Gasteiger partial charge in [0, 0.05) is 6.42 Å². The molecule has 1 amide bonds. The molecule has 1 fully saturated rings. The van der Waals surface area contributed by atoms with Crippen molar-refractivity contribution in [1.82, 2.24) is 5.32 Å². The van der Waals surface area contributed by atoms with Crippen molar-refractivity contribution in [1.29, 1.82) is 0 Å². The molecule has 0 spiro atoms. The van der Waals surface area contributed by atoms with Gasteiger partial charge in [-0.3, -0.25) is 4.79 Å². The van der Waals surface area contributed by atoms with Crippen LogP contribution in [0.25, 0.3) is 0 Å². The van der Waals surface area contributed by atoms with Gasteiger partial charge in [-0.15, -0.1) is 0 Å². The maximum atomic E-state index is 13.0. The lowest BCUT2D eigenvalue weighted by Crippen LogP contribution is -2.60. The third kappa shape index (κ3) is 31.6. The summed E-state index contributed by atoms with van der Waals surface area (Å²) >= 11 is 0. The van der Waals surface area contributed by atoms with Crippen LogP contribution >= 0.6 is 0 Å². The van der Waals surface area contributed by atoms with Gasteiger partial charge in [0.25, 0.3) is 0 Å². The Morgan fingerprint density at radius 3 is 1.20 bits per heavy atom. The van der Waals surface area contributed by atoms with E-state index in [1.807, 2.05) is 0 Å². The third-order valence-electron chi connectivity index (χ3n) is 12.7. The Labute approximate surface area is 364 Å². The van der Waals surface area contributed by atoms with Crippen LogP contribution in [0.4, 0.5) is 0 Å². The van der Waals surface area contributed by atoms with Crippen LogP contribution < -0.4 is 5.32 Å². The Kier molecular flexibility index (Phi) is 39.3. The lowest BCUT2D eigenvalue weighted by Gasteiger charge is -2.40. The molecule has 1 saturated heterocycles. The SMILES string of the molecule is CCCCCCCCCCCCCCCCCCCCCCCC(=O)N[C@@H](CO[C@H]1O[C@@H](CO)[C@H](O)C(O)C1O)[C@H](O)CCCCCCCCCCCCCCCCC. The van der Waals surface area contributed by atoms with Gasteiger partial charge >= 0.3 is 0 Å². The minimum absolute atomic E-state index is 0.131. The summed E-state index contributed by atoms with van der Waals surface area (Å²) in [4.78, 5) is 13.0. The average Bonchev–Trinajstić information content (AvgIpc) is 3.23. The fourth-order valence-electron chi connectivity index (χ4n) is 8.58. The minimum Gasteiger partial charge on any atom is -0.394 e. The zero-order chi connectivity index (χ0) is 43.0. The number of hydrogen-bond donors (Lipinski definition) is 6. The molecule has 0 aromatic heterocycles. The molecule has 0 aliphatic carbocycles. The highest BCUT2D eigenvalue weighted by atomic mass is 16.7. The molecular weight excluding hydrogens is 743 g/mol. The van der Waals surface area contributed by atoms with E-state index >= 15 is 0 Å². The van der Waals surface area contributed by atoms with Gasteiger partial charge in [-0.05, 0) is 12.8 Å². The van der Waals surface area contributed by atoms with Crippen LogP contribution in [0.15, 0.2) is 0 Å². The Hall–Kier alpha value is -0.810. The van der Waals surface area contributed by atoms with Crippen molar-refractivity contribution >= 4 is 5.91 Å². The number of rotatable bonds is 44. The Morgan fingerprint density at radius 2 is 0.847 bits per heavy atom. The van der Waals surface area contributed by atoms with E-state index in [9.17, 15) is 30.3 Å². The van der Waals surface area contributed by atoms with Crippen LogP contribution in [0.2, 0.25) is 0 Å². The predicted octanol–water partition coefficient (Wildman–Crippen LogP) is 11.5. The Morgan fingerprint density at radius 1 is 0.508 bits per heavy atom. The third-order valence-corrected chi connectivity index (χ3v) is 12.7. The molecule has 0 saturated carbocycles. The van der Waals surface area contributed by atoms with Crippen molar-refractivity contribution in [2.75, 3.05) is 13.2 Å². The maximum absolute atomic E-state index is 13.0. The van der Waals surface area contributed by atoms with E-state index < -0.39 is 49.5 Å². The zero-order valence-corrected chi connectivity index (χ0v) is 38.8. The number of carbonyl (C=O) groups is 1. The van der Waals surface area contributed by atoms with Crippen molar-refractivity contribution in [2.45, 2.75) is 301 Å². The molecule has 0 radical (unpaired) electrons. The second-order valence-corrected chi connectivity index (χ2v) is 18.3. The highest BCUT2D eigenvalue weighted by Crippen LogP contribution is 2.23. The number of carbonyl (C=O) groups excluding carboxylic acids is 1. The molecule has 7 atom stereocenters. The number of amides is 1. The molecule has 2 unspecified atom stereocenters. The highest BCUT2D eigenvalue weighted by molar-refractivity contribution is 5.76. The van der Waals surface area contributed by atoms with Crippen molar-refractivity contribution in [3.05, 3.63) is 0 Å². The first kappa shape index (κ1) is 56.2. The van der Waals surface area contributed by atoms with Crippen molar-refractivity contribution in [3.8, 4) is 0 Å². The minimum atomic E-state index is -1.55. The van der Waals surface area contributed by atoms with Gasteiger partial charge < -0.3 is 40.3 Å². The number of unbranched alkanes of at least 4 members (excludes halogenated alkanes) is 34. The van der Waals surface area contributed by atoms with Crippen molar-refractivity contribution in [3.63, 3.8) is 0 Å². The lowest BCUT2D eigenvalue weighted by atomic mass is 9.99. The Bertz CT molecular complexity index is 893. The molecule has 59 heavy (non-hydrogen) atoms. The quantitative estimate of drug-likeness (QED) is 0.0332. The van der Waals surface area contributed by atoms with Gasteiger partial charge in [0.05, 0.1) is 25.4 Å². The molecule has 1 heterocycles. The van der Waals surface area contributed by atoms with Crippen LogP contribution in [0, 0.1) is 0 Å². The summed E-state index contributed by atoms with van der Waals surface area (Å²) in [7, 11) is 0. The predicted molar refractivity (Wildman–Crippen MR) is 244 cm³/mol. The number of nitrogens with one attached hydrogen (secondary N) is 1. The molecular formula is C50H99NO8. The topological polar surface area (TPSA) is 149 Å². The lowest BCUT2D eigenvalue weighted by molar-refractivity contribution is -0.302. The van der Waals surface area contributed by atoms with E-state index in [1.165, 1.54) is 193 Å². The summed E-state index contributed by atoms with van der Waals surface area (Å²) in [6, 6.07) is -0.712. The maximum Gasteiger partial charge on any atom is 0.220 e. The van der Waals surface area contributed by atoms with Gasteiger partial charge in [0.2, 0.25) is 5.91 Å². The summed E-state index contributed by atoms with van der Waals surface area (Å²) in [5.74, 6) is -0.138. The number of ether oxygens (including phenoxy) is 2. The summed E-state index contributed by atoms with van der Waals surface area (Å²) in [6.45, 7) is 3.87. The monoisotopic (exact) mass is 842 g/mol. The van der Waals surface area contributed by atoms with Gasteiger partial charge in [0.15, 0.2) is 6.29 Å². The molecule has 0 aromatic rings. The normalized spacial score (nSPS) is 20.6. The second kappa shape index (κ2) is 41.2. The summed E-state index contributed by atoms with van der Waals surface area (Å²) in [5.41, 5.74) is 0. The summed E-state index contributed by atoms with van der Waals surface area (Å²) < 4.78 is 11.3. The second-order valence-electron chi connectivity index (χ2n) is 18.3. The van der Waals surface area contributed by atoms with E-state index in [4.69, 9.17) is 9.47 Å². The van der Waals surface area contributed by atoms with Gasteiger partial charge in [-0.25, -0.2) is 0 Å². The molecule has 0 bridgehead atoms. The van der Waals surface area contributed by atoms with E-state index in [2.05, 4.69) is 19.2 Å². The summed E-state index contributed by atoms with van der Waals surface area (Å²) in [6.07, 6.45) is 39.7. The van der Waals surface area contributed by atoms with E-state index in [0.29, 0.717) is 12.8 Å². The standard InChI is InChI=1S/C50H99NO8/c1-3-5-7-9-11-13-15-17-19-20-21-22-23-24-26-28-30-32-34-36-38-40-46(54)51-43(42-58-50-49(57)48(56)47(55)45(41-52)59-50)44(53)39-37-35-33-31-29-27-25-18-16-14-12-10-8-6-4-2/h43-45,47-50,52-53,55-57H,3-42H2,1-2H3,(H,51,54)/t43-,44+,45-,47-,48?,49?,50-/m0/s1. The molecule has 0 aromatic carbocycles. The molecule has 9 nitrogen and oxygen atoms in total. The fraction of sp³-hybridized carbons (Fsp3) is 0.980. The summed E-state index contributed by atoms with van der Waals surface area (Å²) in [5, 5.41) is 54.5. The zero-order valence-electron chi connectivity index (χ0n) is 38.8. The molecule has 1 aliphatic rings. The molecule has 1 aliphatic heterocycles. The highest BCUT2D eigenvalue weighted by Gasteiger charge is 2.44. The molecule has 352 valence electrons. The molecule has 9 heteroatoms. The first-order chi connectivity index (χ1) is 28.8. The van der Waals surface area contributed by atoms with Crippen LogP contribution in [-0.2, 0) is 14.3 Å². The average molecular weight is 842 g/mol. The van der Waals surface area contributed by atoms with Gasteiger partial charge in [0.1, 0.15) is 24.4 Å². The van der Waals surface area contributed by atoms with Crippen LogP contribution in [0.3, 0.4) is 0 Å². The largest absolute Gasteiger partial charge is 0.394 e. The first-order valence-electron chi connectivity index (χ1n) is 25.7. The molecule has 1 rings (SSSR count). The van der Waals surface area contributed by atoms with E-state index in [-0.39, 0.29) is 12.5 Å². The van der Waals surface area contributed by atoms with E-state index in [0.717, 1.165) is 38.5 Å². The van der Waals surface area contributed by atoms with Crippen LogP contribution in [0.5, 0.6) is 0 Å². The Balaban J connectivity index is 2.24. The number of hydrogen-bond acceptors (Lipinski definition) is 8. The van der Waals surface area contributed by atoms with Crippen LogP contribution in [0.1, 0.15) is 258 Å². The number of aliphatic hydroxyl groups is 5. The van der Waals surface area contributed by atoms with Gasteiger partial charge in [-0.1, -0.05) is 239 Å². The van der Waals surface area contributed by atoms with Gasteiger partial charge in [-0.2, -0.15) is 0 Å². The van der Waals surface area contributed by atoms with E-state index in [1.54, 1.807) is 0 Å².